The quantitative estimate of drug-likeness (QED) is 0.848. The number of nitrogens with one attached hydrogen (secondary N) is 1. The van der Waals surface area contributed by atoms with Gasteiger partial charge in [0.2, 0.25) is 6.29 Å². The van der Waals surface area contributed by atoms with Crippen LogP contribution < -0.4 is 5.32 Å². The molecule has 1 atom stereocenters. The Bertz CT molecular complexity index is 583. The van der Waals surface area contributed by atoms with Gasteiger partial charge in [0.05, 0.1) is 5.52 Å². The SMILES string of the molecule is Cc1cc2ncnc(NC[P+](C)=O)c2cc1C. The highest BCUT2D eigenvalue weighted by Crippen LogP contribution is 2.24. The second-order valence-corrected chi connectivity index (χ2v) is 5.71. The summed E-state index contributed by atoms with van der Waals surface area (Å²) >= 11 is 0. The first kappa shape index (κ1) is 11.9. The average Bonchev–Trinajstić information content (AvgIpc) is 2.28. The molecule has 2 aromatic rings. The molecule has 1 aromatic heterocycles. The van der Waals surface area contributed by atoms with Crippen LogP contribution in [0, 0.1) is 13.8 Å². The van der Waals surface area contributed by atoms with Gasteiger partial charge in [0.15, 0.2) is 0 Å². The third-order valence-electron chi connectivity index (χ3n) is 2.72. The van der Waals surface area contributed by atoms with Crippen molar-refractivity contribution in [3.05, 3.63) is 29.6 Å². The van der Waals surface area contributed by atoms with Crippen molar-refractivity contribution in [2.45, 2.75) is 13.8 Å². The lowest BCUT2D eigenvalue weighted by Crippen LogP contribution is -2.01. The van der Waals surface area contributed by atoms with E-state index in [0.29, 0.717) is 6.29 Å². The van der Waals surface area contributed by atoms with Crippen molar-refractivity contribution in [1.29, 1.82) is 0 Å². The van der Waals surface area contributed by atoms with E-state index in [2.05, 4.69) is 35.2 Å². The van der Waals surface area contributed by atoms with E-state index in [1.807, 2.05) is 6.07 Å². The van der Waals surface area contributed by atoms with Crippen molar-refractivity contribution in [3.8, 4) is 0 Å². The van der Waals surface area contributed by atoms with Crippen molar-refractivity contribution in [1.82, 2.24) is 9.97 Å². The summed E-state index contributed by atoms with van der Waals surface area (Å²) in [5.74, 6) is 0.753. The highest BCUT2D eigenvalue weighted by Gasteiger charge is 2.09. The summed E-state index contributed by atoms with van der Waals surface area (Å²) in [6, 6.07) is 4.11. The van der Waals surface area contributed by atoms with Gasteiger partial charge >= 0.3 is 7.80 Å². The fraction of sp³-hybridized carbons (Fsp3) is 0.333. The molecule has 0 spiro atoms. The zero-order chi connectivity index (χ0) is 12.4. The maximum atomic E-state index is 11.1. The molecule has 0 saturated heterocycles. The standard InChI is InChI=1S/C12H15N3OP/c1-8-4-10-11(5-9(8)2)13-6-14-12(10)15-7-17(3)16/h4-6H,7H2,1-3H3,(H,13,14,15)/q+1. The van der Waals surface area contributed by atoms with Crippen LogP contribution in [0.3, 0.4) is 0 Å². The van der Waals surface area contributed by atoms with Gasteiger partial charge in [0.1, 0.15) is 18.8 Å². The first-order valence-corrected chi connectivity index (χ1v) is 7.31. The molecule has 0 aliphatic carbocycles. The zero-order valence-corrected chi connectivity index (χ0v) is 11.1. The van der Waals surface area contributed by atoms with Gasteiger partial charge in [-0.1, -0.05) is 4.57 Å². The van der Waals surface area contributed by atoms with E-state index in [9.17, 15) is 4.57 Å². The van der Waals surface area contributed by atoms with Crippen LogP contribution in [0.4, 0.5) is 5.82 Å². The number of fused-ring (bicyclic) bond motifs is 1. The number of rotatable bonds is 3. The Kier molecular flexibility index (Phi) is 3.34. The number of hydrogen-bond acceptors (Lipinski definition) is 4. The van der Waals surface area contributed by atoms with Crippen molar-refractivity contribution in [2.75, 3.05) is 18.3 Å². The molecule has 88 valence electrons. The summed E-state index contributed by atoms with van der Waals surface area (Å²) in [4.78, 5) is 8.45. The van der Waals surface area contributed by atoms with Gasteiger partial charge < -0.3 is 5.32 Å². The van der Waals surface area contributed by atoms with Crippen LogP contribution in [0.1, 0.15) is 11.1 Å². The molecule has 0 aliphatic rings. The van der Waals surface area contributed by atoms with Crippen LogP contribution in [0.5, 0.6) is 0 Å². The molecule has 0 amide bonds. The molecule has 0 saturated carbocycles. The van der Waals surface area contributed by atoms with Crippen LogP contribution in [0.25, 0.3) is 10.9 Å². The minimum absolute atomic E-state index is 0.439. The van der Waals surface area contributed by atoms with Gasteiger partial charge in [-0.3, -0.25) is 0 Å². The van der Waals surface area contributed by atoms with Gasteiger partial charge in [-0.2, -0.15) is 0 Å². The summed E-state index contributed by atoms with van der Waals surface area (Å²) in [5, 5.41) is 4.08. The van der Waals surface area contributed by atoms with E-state index < -0.39 is 7.80 Å². The van der Waals surface area contributed by atoms with Gasteiger partial charge in [0, 0.05) is 5.39 Å². The highest BCUT2D eigenvalue weighted by atomic mass is 31.1. The monoisotopic (exact) mass is 248 g/mol. The summed E-state index contributed by atoms with van der Waals surface area (Å²) < 4.78 is 11.1. The van der Waals surface area contributed by atoms with E-state index in [4.69, 9.17) is 0 Å². The first-order chi connectivity index (χ1) is 8.08. The number of hydrogen-bond donors (Lipinski definition) is 1. The Morgan fingerprint density at radius 1 is 1.24 bits per heavy atom. The molecule has 0 radical (unpaired) electrons. The predicted octanol–water partition coefficient (Wildman–Crippen LogP) is 3.07. The van der Waals surface area contributed by atoms with Crippen molar-refractivity contribution in [2.24, 2.45) is 0 Å². The molecule has 17 heavy (non-hydrogen) atoms. The molecule has 1 aromatic carbocycles. The topological polar surface area (TPSA) is 54.9 Å². The number of anilines is 1. The largest absolute Gasteiger partial charge is 0.356 e. The number of nitrogens with zero attached hydrogens (tertiary/aromatic N) is 2. The van der Waals surface area contributed by atoms with Crippen molar-refractivity contribution >= 4 is 24.5 Å². The molecule has 0 bridgehead atoms. The lowest BCUT2D eigenvalue weighted by Gasteiger charge is -2.07. The predicted molar refractivity (Wildman–Crippen MR) is 71.0 cm³/mol. The molecule has 1 N–H and O–H groups in total. The smallest absolute Gasteiger partial charge is 0.329 e. The fourth-order valence-corrected chi connectivity index (χ4v) is 2.02. The van der Waals surface area contributed by atoms with E-state index in [0.717, 1.165) is 16.7 Å². The molecule has 4 nitrogen and oxygen atoms in total. The fourth-order valence-electron chi connectivity index (χ4n) is 1.64. The van der Waals surface area contributed by atoms with Crippen LogP contribution in [0.2, 0.25) is 0 Å². The summed E-state index contributed by atoms with van der Waals surface area (Å²) in [5.41, 5.74) is 3.33. The maximum Gasteiger partial charge on any atom is 0.356 e. The van der Waals surface area contributed by atoms with E-state index in [1.165, 1.54) is 17.5 Å². The Labute approximate surface area is 101 Å². The minimum atomic E-state index is -1.21. The second-order valence-electron chi connectivity index (χ2n) is 4.14. The molecule has 0 aliphatic heterocycles. The third-order valence-corrected chi connectivity index (χ3v) is 3.32. The highest BCUT2D eigenvalue weighted by molar-refractivity contribution is 7.43. The Morgan fingerprint density at radius 2 is 1.94 bits per heavy atom. The number of aromatic nitrogens is 2. The van der Waals surface area contributed by atoms with E-state index >= 15 is 0 Å². The number of benzene rings is 1. The lowest BCUT2D eigenvalue weighted by molar-refractivity contribution is 0.592. The summed E-state index contributed by atoms with van der Waals surface area (Å²) in [6.45, 7) is 5.82. The molecule has 2 rings (SSSR count). The molecular formula is C12H15N3OP+. The Hall–Kier alpha value is -1.54. The second kappa shape index (κ2) is 4.76. The number of aryl methyl sites for hydroxylation is 2. The van der Waals surface area contributed by atoms with Crippen LogP contribution >= 0.6 is 7.80 Å². The molecule has 1 heterocycles. The third kappa shape index (κ3) is 2.59. The van der Waals surface area contributed by atoms with E-state index in [-0.39, 0.29) is 0 Å². The van der Waals surface area contributed by atoms with Gasteiger partial charge in [-0.05, 0) is 37.1 Å². The molecular weight excluding hydrogens is 233 g/mol. The van der Waals surface area contributed by atoms with Crippen LogP contribution in [0.15, 0.2) is 18.5 Å². The molecule has 1 unspecified atom stereocenters. The summed E-state index contributed by atoms with van der Waals surface area (Å²) in [6.07, 6.45) is 1.97. The Morgan fingerprint density at radius 3 is 2.65 bits per heavy atom. The normalized spacial score (nSPS) is 11.6. The Balaban J connectivity index is 2.49. The molecule has 5 heteroatoms. The van der Waals surface area contributed by atoms with Gasteiger partial charge in [-0.25, -0.2) is 9.97 Å². The summed E-state index contributed by atoms with van der Waals surface area (Å²) in [7, 11) is -1.21. The van der Waals surface area contributed by atoms with Crippen LogP contribution in [-0.4, -0.2) is 22.9 Å². The van der Waals surface area contributed by atoms with Crippen LogP contribution in [-0.2, 0) is 4.57 Å². The van der Waals surface area contributed by atoms with Crippen molar-refractivity contribution < 1.29 is 4.57 Å². The maximum absolute atomic E-state index is 11.1. The zero-order valence-electron chi connectivity index (χ0n) is 10.2. The first-order valence-electron chi connectivity index (χ1n) is 5.42. The van der Waals surface area contributed by atoms with Gasteiger partial charge in [0.25, 0.3) is 0 Å². The minimum Gasteiger partial charge on any atom is -0.329 e. The van der Waals surface area contributed by atoms with Gasteiger partial charge in [-0.15, -0.1) is 0 Å². The van der Waals surface area contributed by atoms with Crippen molar-refractivity contribution in [3.63, 3.8) is 0 Å². The molecule has 0 fully saturated rings. The lowest BCUT2D eigenvalue weighted by atomic mass is 10.1. The average molecular weight is 248 g/mol. The van der Waals surface area contributed by atoms with E-state index in [1.54, 1.807) is 6.66 Å².